The average Bonchev–Trinajstić information content (AvgIpc) is 2.54. The highest BCUT2D eigenvalue weighted by molar-refractivity contribution is 9.10. The van der Waals surface area contributed by atoms with Gasteiger partial charge in [0.15, 0.2) is 6.61 Å². The second-order valence-corrected chi connectivity index (χ2v) is 6.19. The number of nitrogens with one attached hydrogen (secondary N) is 1. The maximum atomic E-state index is 12.1. The molecule has 0 spiro atoms. The van der Waals surface area contributed by atoms with Crippen LogP contribution in [0.15, 0.2) is 46.9 Å². The van der Waals surface area contributed by atoms with Crippen LogP contribution in [0.4, 0.5) is 0 Å². The molecule has 0 bridgehead atoms. The molecule has 0 fully saturated rings. The van der Waals surface area contributed by atoms with Gasteiger partial charge >= 0.3 is 0 Å². The summed E-state index contributed by atoms with van der Waals surface area (Å²) in [7, 11) is 1.62. The fourth-order valence-electron chi connectivity index (χ4n) is 2.23. The fraction of sp³-hybridized carbons (Fsp3) is 0.278. The zero-order valence-corrected chi connectivity index (χ0v) is 15.0. The van der Waals surface area contributed by atoms with Crippen molar-refractivity contribution < 1.29 is 14.3 Å². The first-order valence-electron chi connectivity index (χ1n) is 7.32. The monoisotopic (exact) mass is 377 g/mol. The molecule has 0 aliphatic rings. The number of carbonyl (C=O) groups excluding carboxylic acids is 1. The van der Waals surface area contributed by atoms with Gasteiger partial charge in [-0.2, -0.15) is 0 Å². The molecule has 4 nitrogen and oxygen atoms in total. The maximum absolute atomic E-state index is 12.1. The lowest BCUT2D eigenvalue weighted by Crippen LogP contribution is -2.31. The number of methoxy groups -OCH3 is 1. The summed E-state index contributed by atoms with van der Waals surface area (Å²) in [6.45, 7) is 3.91. The lowest BCUT2D eigenvalue weighted by molar-refractivity contribution is -0.123. The van der Waals surface area contributed by atoms with Gasteiger partial charge in [0.2, 0.25) is 0 Å². The molecule has 0 saturated heterocycles. The summed E-state index contributed by atoms with van der Waals surface area (Å²) >= 11 is 3.36. The number of hydrogen-bond acceptors (Lipinski definition) is 3. The van der Waals surface area contributed by atoms with Gasteiger partial charge in [0.05, 0.1) is 13.2 Å². The Morgan fingerprint density at radius 1 is 1.22 bits per heavy atom. The van der Waals surface area contributed by atoms with Crippen molar-refractivity contribution in [3.63, 3.8) is 0 Å². The number of carbonyl (C=O) groups is 1. The molecule has 1 N–H and O–H groups in total. The van der Waals surface area contributed by atoms with Gasteiger partial charge in [-0.05, 0) is 44.2 Å². The van der Waals surface area contributed by atoms with Crippen LogP contribution in [0.1, 0.15) is 24.1 Å². The predicted molar refractivity (Wildman–Crippen MR) is 93.9 cm³/mol. The van der Waals surface area contributed by atoms with E-state index in [0.29, 0.717) is 5.75 Å². The first-order chi connectivity index (χ1) is 11.0. The van der Waals surface area contributed by atoms with E-state index in [9.17, 15) is 4.79 Å². The van der Waals surface area contributed by atoms with Crippen molar-refractivity contribution in [3.05, 3.63) is 58.1 Å². The summed E-state index contributed by atoms with van der Waals surface area (Å²) in [4.78, 5) is 12.1. The first kappa shape index (κ1) is 17.3. The average molecular weight is 378 g/mol. The van der Waals surface area contributed by atoms with Gasteiger partial charge in [0.25, 0.3) is 5.91 Å². The van der Waals surface area contributed by atoms with Crippen LogP contribution in [-0.2, 0) is 4.79 Å². The van der Waals surface area contributed by atoms with Crippen LogP contribution in [0.2, 0.25) is 0 Å². The molecule has 1 atom stereocenters. The second kappa shape index (κ2) is 8.02. The Bertz CT molecular complexity index is 670. The number of aryl methyl sites for hydroxylation is 1. The molecule has 122 valence electrons. The van der Waals surface area contributed by atoms with Gasteiger partial charge in [0.1, 0.15) is 11.5 Å². The smallest absolute Gasteiger partial charge is 0.258 e. The number of ether oxygens (including phenoxy) is 2. The Morgan fingerprint density at radius 2 is 1.91 bits per heavy atom. The Hall–Kier alpha value is -2.01. The van der Waals surface area contributed by atoms with Crippen LogP contribution in [0.25, 0.3) is 0 Å². The van der Waals surface area contributed by atoms with E-state index in [1.807, 2.05) is 56.3 Å². The molecular weight excluding hydrogens is 358 g/mol. The molecule has 0 saturated carbocycles. The Balaban J connectivity index is 1.94. The molecule has 0 heterocycles. The van der Waals surface area contributed by atoms with Gasteiger partial charge in [-0.25, -0.2) is 0 Å². The molecule has 5 heteroatoms. The minimum Gasteiger partial charge on any atom is -0.496 e. The summed E-state index contributed by atoms with van der Waals surface area (Å²) in [5.41, 5.74) is 2.07. The highest BCUT2D eigenvalue weighted by Gasteiger charge is 2.14. The van der Waals surface area contributed by atoms with Gasteiger partial charge in [-0.1, -0.05) is 33.6 Å². The van der Waals surface area contributed by atoms with Gasteiger partial charge in [-0.3, -0.25) is 4.79 Å². The SMILES string of the molecule is COc1ccc(C)cc1C(C)NC(=O)COc1ccc(Br)cc1. The molecule has 2 aromatic carbocycles. The maximum Gasteiger partial charge on any atom is 0.258 e. The van der Waals surface area contributed by atoms with E-state index in [1.54, 1.807) is 7.11 Å². The lowest BCUT2D eigenvalue weighted by atomic mass is 10.0. The fourth-order valence-corrected chi connectivity index (χ4v) is 2.50. The molecule has 1 amide bonds. The topological polar surface area (TPSA) is 47.6 Å². The summed E-state index contributed by atoms with van der Waals surface area (Å²) < 4.78 is 11.8. The highest BCUT2D eigenvalue weighted by atomic mass is 79.9. The van der Waals surface area contributed by atoms with E-state index in [1.165, 1.54) is 0 Å². The third-order valence-corrected chi connectivity index (χ3v) is 3.94. The molecule has 2 aromatic rings. The largest absolute Gasteiger partial charge is 0.496 e. The zero-order chi connectivity index (χ0) is 16.8. The van der Waals surface area contributed by atoms with Gasteiger partial charge in [-0.15, -0.1) is 0 Å². The number of benzene rings is 2. The third-order valence-electron chi connectivity index (χ3n) is 3.41. The third kappa shape index (κ3) is 4.99. The Labute approximate surface area is 144 Å². The molecular formula is C18H20BrNO3. The predicted octanol–water partition coefficient (Wildman–Crippen LogP) is 4.02. The van der Waals surface area contributed by atoms with Crippen LogP contribution < -0.4 is 14.8 Å². The number of amides is 1. The standard InChI is InChI=1S/C18H20BrNO3/c1-12-4-9-17(22-3)16(10-12)13(2)20-18(21)11-23-15-7-5-14(19)6-8-15/h4-10,13H,11H2,1-3H3,(H,20,21). The van der Waals surface area contributed by atoms with Crippen molar-refractivity contribution in [1.82, 2.24) is 5.32 Å². The van der Waals surface area contributed by atoms with E-state index in [2.05, 4.69) is 21.2 Å². The summed E-state index contributed by atoms with van der Waals surface area (Å²) in [6, 6.07) is 13.1. The van der Waals surface area contributed by atoms with Crippen LogP contribution in [-0.4, -0.2) is 19.6 Å². The van der Waals surface area contributed by atoms with E-state index in [0.717, 1.165) is 21.3 Å². The Kier molecular flexibility index (Phi) is 6.04. The summed E-state index contributed by atoms with van der Waals surface area (Å²) in [5.74, 6) is 1.24. The quantitative estimate of drug-likeness (QED) is 0.826. The zero-order valence-electron chi connectivity index (χ0n) is 13.4. The number of hydrogen-bond donors (Lipinski definition) is 1. The van der Waals surface area contributed by atoms with Crippen molar-refractivity contribution in [3.8, 4) is 11.5 Å². The van der Waals surface area contributed by atoms with Crippen molar-refractivity contribution in [2.24, 2.45) is 0 Å². The van der Waals surface area contributed by atoms with E-state index in [4.69, 9.17) is 9.47 Å². The first-order valence-corrected chi connectivity index (χ1v) is 8.11. The van der Waals surface area contributed by atoms with Crippen molar-refractivity contribution in [1.29, 1.82) is 0 Å². The molecule has 1 unspecified atom stereocenters. The van der Waals surface area contributed by atoms with Crippen LogP contribution in [0, 0.1) is 6.92 Å². The minimum absolute atomic E-state index is 0.0277. The summed E-state index contributed by atoms with van der Waals surface area (Å²) in [6.07, 6.45) is 0. The van der Waals surface area contributed by atoms with Crippen LogP contribution in [0.5, 0.6) is 11.5 Å². The lowest BCUT2D eigenvalue weighted by Gasteiger charge is -2.18. The van der Waals surface area contributed by atoms with Gasteiger partial charge in [0, 0.05) is 10.0 Å². The Morgan fingerprint density at radius 3 is 2.57 bits per heavy atom. The van der Waals surface area contributed by atoms with E-state index < -0.39 is 0 Å². The second-order valence-electron chi connectivity index (χ2n) is 5.28. The molecule has 0 aromatic heterocycles. The summed E-state index contributed by atoms with van der Waals surface area (Å²) in [5, 5.41) is 2.93. The van der Waals surface area contributed by atoms with Crippen LogP contribution >= 0.6 is 15.9 Å². The molecule has 0 aliphatic heterocycles. The van der Waals surface area contributed by atoms with E-state index >= 15 is 0 Å². The molecule has 2 rings (SSSR count). The normalized spacial score (nSPS) is 11.7. The number of rotatable bonds is 6. The highest BCUT2D eigenvalue weighted by Crippen LogP contribution is 2.26. The van der Waals surface area contributed by atoms with Gasteiger partial charge < -0.3 is 14.8 Å². The molecule has 23 heavy (non-hydrogen) atoms. The van der Waals surface area contributed by atoms with E-state index in [-0.39, 0.29) is 18.6 Å². The minimum atomic E-state index is -0.177. The van der Waals surface area contributed by atoms with Crippen molar-refractivity contribution in [2.45, 2.75) is 19.9 Å². The molecule has 0 aliphatic carbocycles. The van der Waals surface area contributed by atoms with Crippen molar-refractivity contribution >= 4 is 21.8 Å². The van der Waals surface area contributed by atoms with Crippen LogP contribution in [0.3, 0.4) is 0 Å². The van der Waals surface area contributed by atoms with Crippen molar-refractivity contribution in [2.75, 3.05) is 13.7 Å². The molecule has 0 radical (unpaired) electrons. The number of halogens is 1.